The third-order valence-corrected chi connectivity index (χ3v) is 3.26. The third kappa shape index (κ3) is 7.24. The molecule has 6 heteroatoms. The molecule has 1 aliphatic rings. The fourth-order valence-electron chi connectivity index (χ4n) is 2.12. The molecule has 120 valence electrons. The summed E-state index contributed by atoms with van der Waals surface area (Å²) in [7, 11) is 0. The Bertz CT molecular complexity index is 365. The van der Waals surface area contributed by atoms with E-state index in [0.29, 0.717) is 12.0 Å². The number of carbonyl (C=O) groups excluding carboxylic acids is 2. The van der Waals surface area contributed by atoms with Gasteiger partial charge >= 0.3 is 11.9 Å². The molecule has 0 saturated heterocycles. The summed E-state index contributed by atoms with van der Waals surface area (Å²) in [6, 6.07) is 0. The van der Waals surface area contributed by atoms with Crippen molar-refractivity contribution in [3.63, 3.8) is 0 Å². The van der Waals surface area contributed by atoms with Gasteiger partial charge in [-0.15, -0.1) is 0 Å². The van der Waals surface area contributed by atoms with Gasteiger partial charge in [0.1, 0.15) is 13.2 Å². The van der Waals surface area contributed by atoms with E-state index in [4.69, 9.17) is 14.2 Å². The normalized spacial score (nSPS) is 21.6. The summed E-state index contributed by atoms with van der Waals surface area (Å²) in [5.41, 5.74) is 0.346. The van der Waals surface area contributed by atoms with Crippen LogP contribution >= 0.6 is 0 Å². The summed E-state index contributed by atoms with van der Waals surface area (Å²) in [5, 5.41) is 9.50. The molecule has 1 fully saturated rings. The zero-order valence-corrected chi connectivity index (χ0v) is 12.5. The molecule has 1 rings (SSSR count). The number of aliphatic hydroxyl groups is 1. The lowest BCUT2D eigenvalue weighted by Gasteiger charge is -2.24. The van der Waals surface area contributed by atoms with Crippen LogP contribution in [-0.2, 0) is 23.8 Å². The molecule has 1 N–H and O–H groups in total. The minimum Gasteiger partial charge on any atom is -0.463 e. The van der Waals surface area contributed by atoms with Gasteiger partial charge in [-0.25, -0.2) is 4.79 Å². The van der Waals surface area contributed by atoms with Crippen molar-refractivity contribution >= 4 is 11.9 Å². The summed E-state index contributed by atoms with van der Waals surface area (Å²) in [5.74, 6) is -0.919. The first-order valence-corrected chi connectivity index (χ1v) is 7.25. The fraction of sp³-hybridized carbons (Fsp3) is 0.733. The number of rotatable bonds is 8. The summed E-state index contributed by atoms with van der Waals surface area (Å²) in [6.07, 6.45) is 2.47. The van der Waals surface area contributed by atoms with Crippen LogP contribution in [0.2, 0.25) is 0 Å². The van der Waals surface area contributed by atoms with E-state index < -0.39 is 12.1 Å². The fourth-order valence-corrected chi connectivity index (χ4v) is 2.12. The molecule has 0 aliphatic heterocycles. The average Bonchev–Trinajstić information content (AvgIpc) is 2.45. The Balaban J connectivity index is 2.00. The zero-order chi connectivity index (χ0) is 15.7. The number of hydrogen-bond acceptors (Lipinski definition) is 6. The van der Waals surface area contributed by atoms with Crippen LogP contribution in [0.1, 0.15) is 32.6 Å². The van der Waals surface area contributed by atoms with Crippen molar-refractivity contribution in [3.8, 4) is 0 Å². The Morgan fingerprint density at radius 1 is 1.14 bits per heavy atom. The largest absolute Gasteiger partial charge is 0.463 e. The van der Waals surface area contributed by atoms with E-state index in [-0.39, 0.29) is 38.3 Å². The Hall–Kier alpha value is -1.40. The third-order valence-electron chi connectivity index (χ3n) is 3.26. The lowest BCUT2D eigenvalue weighted by atomic mass is 9.87. The number of hydrogen-bond donors (Lipinski definition) is 1. The Labute approximate surface area is 125 Å². The molecular formula is C15H24O6. The van der Waals surface area contributed by atoms with Crippen LogP contribution in [0, 0.1) is 5.92 Å². The zero-order valence-electron chi connectivity index (χ0n) is 12.5. The molecule has 0 aromatic rings. The lowest BCUT2D eigenvalue weighted by molar-refractivity contribution is -0.152. The van der Waals surface area contributed by atoms with E-state index >= 15 is 0 Å². The Morgan fingerprint density at radius 2 is 1.81 bits per heavy atom. The maximum absolute atomic E-state index is 11.7. The molecular weight excluding hydrogens is 276 g/mol. The minimum atomic E-state index is -0.444. The smallest absolute Gasteiger partial charge is 0.333 e. The van der Waals surface area contributed by atoms with Gasteiger partial charge in [-0.1, -0.05) is 13.0 Å². The molecule has 0 spiro atoms. The quantitative estimate of drug-likeness (QED) is 0.412. The molecule has 0 bridgehead atoms. The van der Waals surface area contributed by atoms with Gasteiger partial charge < -0.3 is 19.3 Å². The van der Waals surface area contributed by atoms with Crippen LogP contribution < -0.4 is 0 Å². The van der Waals surface area contributed by atoms with Gasteiger partial charge in [-0.3, -0.25) is 4.79 Å². The molecule has 0 aromatic heterocycles. The van der Waals surface area contributed by atoms with Crippen LogP contribution in [0.25, 0.3) is 0 Å². The molecule has 0 aromatic carbocycles. The molecule has 2 atom stereocenters. The molecule has 2 unspecified atom stereocenters. The highest BCUT2D eigenvalue weighted by Crippen LogP contribution is 2.25. The molecule has 1 aliphatic carbocycles. The Kier molecular flexibility index (Phi) is 8.00. The first kappa shape index (κ1) is 17.7. The van der Waals surface area contributed by atoms with Crippen molar-refractivity contribution < 1.29 is 28.9 Å². The molecule has 1 saturated carbocycles. The number of aliphatic hydroxyl groups excluding tert-OH is 1. The summed E-state index contributed by atoms with van der Waals surface area (Å²) >= 11 is 0. The molecule has 0 radical (unpaired) electrons. The van der Waals surface area contributed by atoms with Gasteiger partial charge in [-0.05, 0) is 26.2 Å². The monoisotopic (exact) mass is 300 g/mol. The lowest BCUT2D eigenvalue weighted by Crippen LogP contribution is -2.28. The van der Waals surface area contributed by atoms with Crippen LogP contribution in [0.3, 0.4) is 0 Å². The minimum absolute atomic E-state index is 0.147. The van der Waals surface area contributed by atoms with E-state index in [2.05, 4.69) is 6.58 Å². The molecule has 6 nitrogen and oxygen atoms in total. The van der Waals surface area contributed by atoms with Crippen molar-refractivity contribution in [2.45, 2.75) is 38.7 Å². The van der Waals surface area contributed by atoms with Crippen molar-refractivity contribution in [1.82, 2.24) is 0 Å². The second-order valence-electron chi connectivity index (χ2n) is 5.21. The average molecular weight is 300 g/mol. The van der Waals surface area contributed by atoms with Gasteiger partial charge in [0.05, 0.1) is 25.2 Å². The van der Waals surface area contributed by atoms with E-state index in [9.17, 15) is 14.7 Å². The standard InChI is InChI=1S/C15H24O6/c1-11(2)14(17)20-8-6-19-7-9-21-15(18)12-4-3-5-13(16)10-12/h12-13,16H,1,3-10H2,2H3. The molecule has 0 heterocycles. The number of carbonyl (C=O) groups is 2. The van der Waals surface area contributed by atoms with Gasteiger partial charge in [0.25, 0.3) is 0 Å². The highest BCUT2D eigenvalue weighted by Gasteiger charge is 2.27. The maximum Gasteiger partial charge on any atom is 0.333 e. The van der Waals surface area contributed by atoms with Crippen molar-refractivity contribution in [2.24, 2.45) is 5.92 Å². The molecule has 0 amide bonds. The highest BCUT2D eigenvalue weighted by molar-refractivity contribution is 5.86. The SMILES string of the molecule is C=C(C)C(=O)OCCOCCOC(=O)C1CCCC(O)C1. The van der Waals surface area contributed by atoms with E-state index in [1.54, 1.807) is 6.92 Å². The first-order valence-electron chi connectivity index (χ1n) is 7.25. The van der Waals surface area contributed by atoms with Crippen LogP contribution in [0.5, 0.6) is 0 Å². The Morgan fingerprint density at radius 3 is 2.43 bits per heavy atom. The summed E-state index contributed by atoms with van der Waals surface area (Å²) < 4.78 is 15.1. The van der Waals surface area contributed by atoms with Crippen molar-refractivity contribution in [1.29, 1.82) is 0 Å². The van der Waals surface area contributed by atoms with Gasteiger partial charge in [0.2, 0.25) is 0 Å². The second-order valence-corrected chi connectivity index (χ2v) is 5.21. The van der Waals surface area contributed by atoms with Crippen molar-refractivity contribution in [3.05, 3.63) is 12.2 Å². The van der Waals surface area contributed by atoms with Crippen LogP contribution in [0.4, 0.5) is 0 Å². The summed E-state index contributed by atoms with van der Waals surface area (Å²) in [6.45, 7) is 5.85. The number of ether oxygens (including phenoxy) is 3. The predicted octanol–water partition coefficient (Wildman–Crippen LogP) is 1.22. The highest BCUT2D eigenvalue weighted by atomic mass is 16.6. The first-order chi connectivity index (χ1) is 10.0. The van der Waals surface area contributed by atoms with Gasteiger partial charge in [-0.2, -0.15) is 0 Å². The van der Waals surface area contributed by atoms with E-state index in [0.717, 1.165) is 19.3 Å². The van der Waals surface area contributed by atoms with Gasteiger partial charge in [0, 0.05) is 5.57 Å². The maximum atomic E-state index is 11.7. The van der Waals surface area contributed by atoms with E-state index in [1.807, 2.05) is 0 Å². The number of esters is 2. The summed E-state index contributed by atoms with van der Waals surface area (Å²) in [4.78, 5) is 22.8. The van der Waals surface area contributed by atoms with Crippen molar-refractivity contribution in [2.75, 3.05) is 26.4 Å². The van der Waals surface area contributed by atoms with Crippen LogP contribution in [0.15, 0.2) is 12.2 Å². The molecule has 21 heavy (non-hydrogen) atoms. The van der Waals surface area contributed by atoms with Crippen LogP contribution in [-0.4, -0.2) is 49.6 Å². The topological polar surface area (TPSA) is 82.1 Å². The van der Waals surface area contributed by atoms with Gasteiger partial charge in [0.15, 0.2) is 0 Å². The van der Waals surface area contributed by atoms with E-state index in [1.165, 1.54) is 0 Å². The predicted molar refractivity (Wildman–Crippen MR) is 75.5 cm³/mol. The second kappa shape index (κ2) is 9.52.